The van der Waals surface area contributed by atoms with Gasteiger partial charge in [0.15, 0.2) is 0 Å². The maximum atomic E-state index is 12.7. The van der Waals surface area contributed by atoms with E-state index in [4.69, 9.17) is 9.47 Å². The molecule has 1 fully saturated rings. The van der Waals surface area contributed by atoms with Gasteiger partial charge in [0, 0.05) is 44.0 Å². The summed E-state index contributed by atoms with van der Waals surface area (Å²) in [5.74, 6) is 1.30. The Morgan fingerprint density at radius 1 is 0.969 bits per heavy atom. The van der Waals surface area contributed by atoms with Crippen LogP contribution in [0.1, 0.15) is 23.7 Å². The molecular formula is C23H31N3O5S. The van der Waals surface area contributed by atoms with Crippen LogP contribution < -0.4 is 19.7 Å². The zero-order valence-corrected chi connectivity index (χ0v) is 19.4. The first-order chi connectivity index (χ1) is 15.4. The average Bonchev–Trinajstić information content (AvgIpc) is 2.82. The lowest BCUT2D eigenvalue weighted by atomic mass is 10.2. The molecule has 1 N–H and O–H groups in total. The zero-order chi connectivity index (χ0) is 23.0. The third kappa shape index (κ3) is 6.37. The standard InChI is InChI=1S/C23H31N3O5S/c1-3-31-22-9-5-19(6-10-22)23(27)24-13-4-18-32(28,29)26-16-14-25(15-17-26)20-7-11-21(30-2)12-8-20/h5-12H,3-4,13-18H2,1-2H3,(H,24,27). The highest BCUT2D eigenvalue weighted by atomic mass is 32.2. The Bertz CT molecular complexity index is 970. The summed E-state index contributed by atoms with van der Waals surface area (Å²) in [7, 11) is -1.73. The number of nitrogens with zero attached hydrogens (tertiary/aromatic N) is 2. The fourth-order valence-corrected chi connectivity index (χ4v) is 5.06. The van der Waals surface area contributed by atoms with Crippen molar-refractivity contribution < 1.29 is 22.7 Å². The fourth-order valence-electron chi connectivity index (χ4n) is 3.57. The van der Waals surface area contributed by atoms with Gasteiger partial charge in [-0.05, 0) is 61.9 Å². The minimum absolute atomic E-state index is 0.0130. The molecule has 1 saturated heterocycles. The van der Waals surface area contributed by atoms with Gasteiger partial charge in [0.25, 0.3) is 5.91 Å². The topological polar surface area (TPSA) is 88.2 Å². The first-order valence-electron chi connectivity index (χ1n) is 10.8. The van der Waals surface area contributed by atoms with Crippen molar-refractivity contribution in [3.8, 4) is 11.5 Å². The monoisotopic (exact) mass is 461 g/mol. The number of methoxy groups -OCH3 is 1. The van der Waals surface area contributed by atoms with Crippen molar-refractivity contribution in [2.24, 2.45) is 0 Å². The third-order valence-electron chi connectivity index (χ3n) is 5.36. The summed E-state index contributed by atoms with van der Waals surface area (Å²) in [5.41, 5.74) is 1.57. The van der Waals surface area contributed by atoms with Crippen molar-refractivity contribution in [2.45, 2.75) is 13.3 Å². The summed E-state index contributed by atoms with van der Waals surface area (Å²) in [4.78, 5) is 14.4. The molecule has 0 radical (unpaired) electrons. The minimum Gasteiger partial charge on any atom is -0.497 e. The van der Waals surface area contributed by atoms with Crippen LogP contribution in [0.25, 0.3) is 0 Å². The number of rotatable bonds is 10. The maximum absolute atomic E-state index is 12.7. The van der Waals surface area contributed by atoms with E-state index in [1.165, 1.54) is 0 Å². The minimum atomic E-state index is -3.36. The van der Waals surface area contributed by atoms with Gasteiger partial charge in [0.2, 0.25) is 10.0 Å². The van der Waals surface area contributed by atoms with Crippen LogP contribution in [0.3, 0.4) is 0 Å². The van der Waals surface area contributed by atoms with Crippen LogP contribution in [0.5, 0.6) is 11.5 Å². The zero-order valence-electron chi connectivity index (χ0n) is 18.6. The van der Waals surface area contributed by atoms with Crippen molar-refractivity contribution >= 4 is 21.6 Å². The molecule has 0 unspecified atom stereocenters. The lowest BCUT2D eigenvalue weighted by Crippen LogP contribution is -2.49. The van der Waals surface area contributed by atoms with E-state index in [0.29, 0.717) is 57.1 Å². The van der Waals surface area contributed by atoms with Crippen LogP contribution in [0.15, 0.2) is 48.5 Å². The molecule has 9 heteroatoms. The molecule has 1 heterocycles. The van der Waals surface area contributed by atoms with Gasteiger partial charge in [-0.25, -0.2) is 8.42 Å². The molecular weight excluding hydrogens is 430 g/mol. The Labute approximate surface area is 190 Å². The lowest BCUT2D eigenvalue weighted by Gasteiger charge is -2.35. The van der Waals surface area contributed by atoms with E-state index in [-0.39, 0.29) is 11.7 Å². The van der Waals surface area contributed by atoms with E-state index >= 15 is 0 Å². The van der Waals surface area contributed by atoms with Gasteiger partial charge in [0.1, 0.15) is 11.5 Å². The third-order valence-corrected chi connectivity index (χ3v) is 7.32. The van der Waals surface area contributed by atoms with Gasteiger partial charge in [-0.15, -0.1) is 0 Å². The van der Waals surface area contributed by atoms with Crippen molar-refractivity contribution in [1.29, 1.82) is 0 Å². The van der Waals surface area contributed by atoms with E-state index in [1.54, 1.807) is 35.7 Å². The quantitative estimate of drug-likeness (QED) is 0.547. The van der Waals surface area contributed by atoms with Crippen LogP contribution in [-0.4, -0.2) is 70.8 Å². The highest BCUT2D eigenvalue weighted by Crippen LogP contribution is 2.21. The normalized spacial score (nSPS) is 14.8. The second kappa shape index (κ2) is 11.2. The summed E-state index contributed by atoms with van der Waals surface area (Å²) in [6.45, 7) is 4.95. The molecule has 0 atom stereocenters. The average molecular weight is 462 g/mol. The number of carbonyl (C=O) groups excluding carboxylic acids is 1. The number of carbonyl (C=O) groups is 1. The summed E-state index contributed by atoms with van der Waals surface area (Å²) in [6.07, 6.45) is 0.365. The van der Waals surface area contributed by atoms with E-state index < -0.39 is 10.0 Å². The number of nitrogens with one attached hydrogen (secondary N) is 1. The van der Waals surface area contributed by atoms with Crippen molar-refractivity contribution in [2.75, 3.05) is 57.1 Å². The number of anilines is 1. The van der Waals surface area contributed by atoms with Crippen LogP contribution in [0.2, 0.25) is 0 Å². The number of piperazine rings is 1. The van der Waals surface area contributed by atoms with Crippen molar-refractivity contribution in [1.82, 2.24) is 9.62 Å². The predicted octanol–water partition coefficient (Wildman–Crippen LogP) is 2.37. The van der Waals surface area contributed by atoms with Crippen molar-refractivity contribution in [3.05, 3.63) is 54.1 Å². The second-order valence-electron chi connectivity index (χ2n) is 7.47. The Hall–Kier alpha value is -2.78. The van der Waals surface area contributed by atoms with Gasteiger partial charge in [-0.2, -0.15) is 4.31 Å². The molecule has 1 aliphatic rings. The number of hydrogen-bond donors (Lipinski definition) is 1. The number of ether oxygens (including phenoxy) is 2. The summed E-state index contributed by atoms with van der Waals surface area (Å²) in [5, 5.41) is 2.78. The van der Waals surface area contributed by atoms with E-state index in [1.807, 2.05) is 31.2 Å². The molecule has 1 aliphatic heterocycles. The van der Waals surface area contributed by atoms with E-state index in [2.05, 4.69) is 10.2 Å². The molecule has 2 aromatic carbocycles. The van der Waals surface area contributed by atoms with Gasteiger partial charge in [-0.1, -0.05) is 0 Å². The van der Waals surface area contributed by atoms with Crippen LogP contribution in [-0.2, 0) is 10.0 Å². The molecule has 1 amide bonds. The largest absolute Gasteiger partial charge is 0.497 e. The first kappa shape index (κ1) is 23.9. The molecule has 32 heavy (non-hydrogen) atoms. The fraction of sp³-hybridized carbons (Fsp3) is 0.435. The molecule has 0 bridgehead atoms. The lowest BCUT2D eigenvalue weighted by molar-refractivity contribution is 0.0953. The van der Waals surface area contributed by atoms with Gasteiger partial charge in [-0.3, -0.25) is 4.79 Å². The van der Waals surface area contributed by atoms with Crippen molar-refractivity contribution in [3.63, 3.8) is 0 Å². The summed E-state index contributed by atoms with van der Waals surface area (Å²) < 4.78 is 37.5. The molecule has 0 saturated carbocycles. The number of hydrogen-bond acceptors (Lipinski definition) is 6. The first-order valence-corrected chi connectivity index (χ1v) is 12.4. The van der Waals surface area contributed by atoms with E-state index in [0.717, 1.165) is 11.4 Å². The maximum Gasteiger partial charge on any atom is 0.251 e. The van der Waals surface area contributed by atoms with Gasteiger partial charge in [0.05, 0.1) is 19.5 Å². The molecule has 8 nitrogen and oxygen atoms in total. The SMILES string of the molecule is CCOc1ccc(C(=O)NCCCS(=O)(=O)N2CCN(c3ccc(OC)cc3)CC2)cc1. The van der Waals surface area contributed by atoms with Crippen LogP contribution in [0, 0.1) is 0 Å². The van der Waals surface area contributed by atoms with Gasteiger partial charge >= 0.3 is 0 Å². The molecule has 0 aromatic heterocycles. The molecule has 2 aromatic rings. The van der Waals surface area contributed by atoms with Crippen LogP contribution >= 0.6 is 0 Å². The van der Waals surface area contributed by atoms with E-state index in [9.17, 15) is 13.2 Å². The van der Waals surface area contributed by atoms with Crippen LogP contribution in [0.4, 0.5) is 5.69 Å². The smallest absolute Gasteiger partial charge is 0.251 e. The predicted molar refractivity (Wildman–Crippen MR) is 125 cm³/mol. The molecule has 174 valence electrons. The Balaban J connectivity index is 1.41. The Kier molecular flexibility index (Phi) is 8.35. The number of amides is 1. The second-order valence-corrected chi connectivity index (χ2v) is 9.56. The molecule has 3 rings (SSSR count). The number of sulfonamides is 1. The van der Waals surface area contributed by atoms with Gasteiger partial charge < -0.3 is 19.7 Å². The Morgan fingerprint density at radius 3 is 2.19 bits per heavy atom. The Morgan fingerprint density at radius 2 is 1.59 bits per heavy atom. The summed E-state index contributed by atoms with van der Waals surface area (Å²) >= 11 is 0. The molecule has 0 aliphatic carbocycles. The summed E-state index contributed by atoms with van der Waals surface area (Å²) in [6, 6.07) is 14.6. The highest BCUT2D eigenvalue weighted by Gasteiger charge is 2.26. The molecule has 0 spiro atoms. The number of benzene rings is 2. The highest BCUT2D eigenvalue weighted by molar-refractivity contribution is 7.89.